The lowest BCUT2D eigenvalue weighted by Gasteiger charge is -2.21. The summed E-state index contributed by atoms with van der Waals surface area (Å²) in [5.41, 5.74) is 0. The van der Waals surface area contributed by atoms with Crippen LogP contribution in [0.4, 0.5) is 0 Å². The van der Waals surface area contributed by atoms with Gasteiger partial charge >= 0.3 is 39.5 Å². The average molecular weight is 1440 g/mol. The van der Waals surface area contributed by atoms with Gasteiger partial charge in [0, 0.05) is 25.7 Å². The summed E-state index contributed by atoms with van der Waals surface area (Å²) in [7, 11) is -9.99. The van der Waals surface area contributed by atoms with Gasteiger partial charge in [-0.05, 0) is 128 Å². The molecule has 0 heterocycles. The minimum absolute atomic E-state index is 0.0267. The van der Waals surface area contributed by atoms with E-state index in [1.807, 2.05) is 12.2 Å². The second-order valence-electron chi connectivity index (χ2n) is 25.2. The molecule has 100 heavy (non-hydrogen) atoms. The van der Waals surface area contributed by atoms with Gasteiger partial charge in [-0.2, -0.15) is 0 Å². The number of carbonyl (C=O) groups excluding carboxylic acids is 4. The molecule has 0 saturated carbocycles. The van der Waals surface area contributed by atoms with Gasteiger partial charge in [0.2, 0.25) is 0 Å². The summed E-state index contributed by atoms with van der Waals surface area (Å²) in [6.45, 7) is 4.45. The number of hydrogen-bond acceptors (Lipinski definition) is 15. The Kier molecular flexibility index (Phi) is 69.1. The Labute approximate surface area is 605 Å². The van der Waals surface area contributed by atoms with E-state index < -0.39 is 97.5 Å². The van der Waals surface area contributed by atoms with Crippen molar-refractivity contribution in [1.82, 2.24) is 0 Å². The van der Waals surface area contributed by atoms with Crippen molar-refractivity contribution in [1.29, 1.82) is 0 Å². The third-order valence-corrected chi connectivity index (χ3v) is 17.5. The van der Waals surface area contributed by atoms with Gasteiger partial charge in [0.05, 0.1) is 26.4 Å². The Balaban J connectivity index is 5.44. The van der Waals surface area contributed by atoms with Crippen molar-refractivity contribution in [2.75, 3.05) is 39.6 Å². The predicted octanol–water partition coefficient (Wildman–Crippen LogP) is 22.1. The number of phosphoric ester groups is 2. The Hall–Kier alpha value is -4.80. The first-order valence-corrected chi connectivity index (χ1v) is 41.4. The number of phosphoric acid groups is 2. The van der Waals surface area contributed by atoms with Crippen LogP contribution in [0.5, 0.6) is 0 Å². The summed E-state index contributed by atoms with van der Waals surface area (Å²) in [5, 5.41) is 10.6. The number of allylic oxidation sites excluding steroid dienone is 22. The highest BCUT2D eigenvalue weighted by atomic mass is 31.2. The number of hydrogen-bond donors (Lipinski definition) is 3. The maximum absolute atomic E-state index is 13.1. The summed E-state index contributed by atoms with van der Waals surface area (Å²) in [5.74, 6) is -2.31. The molecule has 0 aromatic rings. The fourth-order valence-corrected chi connectivity index (χ4v) is 11.4. The van der Waals surface area contributed by atoms with Gasteiger partial charge in [-0.25, -0.2) is 9.13 Å². The van der Waals surface area contributed by atoms with Gasteiger partial charge in [-0.15, -0.1) is 0 Å². The smallest absolute Gasteiger partial charge is 0.462 e. The minimum Gasteiger partial charge on any atom is -0.462 e. The van der Waals surface area contributed by atoms with Crippen molar-refractivity contribution < 1.29 is 80.2 Å². The molecule has 0 radical (unpaired) electrons. The van der Waals surface area contributed by atoms with Gasteiger partial charge in [-0.1, -0.05) is 277 Å². The highest BCUT2D eigenvalue weighted by Crippen LogP contribution is 2.45. The van der Waals surface area contributed by atoms with Crippen LogP contribution in [0.25, 0.3) is 0 Å². The van der Waals surface area contributed by atoms with Crippen LogP contribution in [0.2, 0.25) is 0 Å². The lowest BCUT2D eigenvalue weighted by atomic mass is 10.0. The predicted molar refractivity (Wildman–Crippen MR) is 408 cm³/mol. The molecule has 0 saturated heterocycles. The zero-order valence-corrected chi connectivity index (χ0v) is 64.1. The van der Waals surface area contributed by atoms with E-state index in [1.165, 1.54) is 70.6 Å². The molecule has 17 nitrogen and oxygen atoms in total. The standard InChI is InChI=1S/C81H136O17P2/c1-5-9-13-17-21-25-29-33-36-37-40-43-46-50-54-58-62-66-79(84)92-72-77(98-81(86)68-64-60-56-52-48-44-39-35-31-27-23-19-15-11-7-3)74-96-100(89,90)94-70-75(82)69-93-99(87,88)95-73-76(97-80(85)67-63-59-55-51-47-41-32-28-24-20-16-12-8-4)71-91-78(83)65-61-57-53-49-45-42-38-34-30-26-22-18-14-10-6-2/h9,11,13,15-16,20-21,23,25,27-28,32-33,35-36,39-40,43,48,50,52,54,75-77,82H,5-8,10,12,14,17-19,22,24,26,29-31,34,37-38,41-42,44-47,49,51,53,55-74H2,1-4H3,(H,87,88)(H,89,90)/b13-9-,15-11-,20-16-,25-21-,27-23-,32-28-,36-33-,39-35-,43-40-,52-48-,54-50-. The number of rotatable bonds is 71. The topological polar surface area (TPSA) is 237 Å². The van der Waals surface area contributed by atoms with E-state index in [0.29, 0.717) is 38.5 Å². The molecule has 0 aliphatic carbocycles. The summed E-state index contributed by atoms with van der Waals surface area (Å²) in [4.78, 5) is 72.8. The third kappa shape index (κ3) is 71.6. The van der Waals surface area contributed by atoms with E-state index in [-0.39, 0.29) is 25.7 Å². The van der Waals surface area contributed by atoms with Crippen LogP contribution in [0, 0.1) is 0 Å². The van der Waals surface area contributed by atoms with E-state index in [0.717, 1.165) is 135 Å². The van der Waals surface area contributed by atoms with Gasteiger partial charge in [-0.3, -0.25) is 37.3 Å². The van der Waals surface area contributed by atoms with Crippen LogP contribution < -0.4 is 0 Å². The normalized spacial score (nSPS) is 14.7. The van der Waals surface area contributed by atoms with E-state index in [4.69, 9.17) is 37.0 Å². The first-order valence-electron chi connectivity index (χ1n) is 38.4. The van der Waals surface area contributed by atoms with Crippen LogP contribution in [0.3, 0.4) is 0 Å². The van der Waals surface area contributed by atoms with E-state index >= 15 is 0 Å². The third-order valence-electron chi connectivity index (χ3n) is 15.6. The van der Waals surface area contributed by atoms with Crippen LogP contribution in [-0.2, 0) is 65.4 Å². The molecular formula is C81H136O17P2. The largest absolute Gasteiger partial charge is 0.472 e. The molecule has 0 fully saturated rings. The first-order chi connectivity index (χ1) is 48.7. The lowest BCUT2D eigenvalue weighted by molar-refractivity contribution is -0.161. The molecule has 0 spiro atoms. The van der Waals surface area contributed by atoms with Crippen LogP contribution in [0.15, 0.2) is 134 Å². The van der Waals surface area contributed by atoms with E-state index in [9.17, 15) is 43.2 Å². The summed E-state index contributed by atoms with van der Waals surface area (Å²) in [6.07, 6.45) is 80.3. The molecule has 0 amide bonds. The fraction of sp³-hybridized carbons (Fsp3) is 0.679. The number of carbonyl (C=O) groups is 4. The molecule has 572 valence electrons. The van der Waals surface area contributed by atoms with Crippen molar-refractivity contribution in [2.24, 2.45) is 0 Å². The van der Waals surface area contributed by atoms with Crippen LogP contribution in [0.1, 0.15) is 297 Å². The van der Waals surface area contributed by atoms with Crippen molar-refractivity contribution in [3.05, 3.63) is 134 Å². The molecule has 0 aromatic carbocycles. The molecule has 0 bridgehead atoms. The monoisotopic (exact) mass is 1440 g/mol. The molecule has 0 aromatic heterocycles. The fourth-order valence-electron chi connectivity index (χ4n) is 9.81. The van der Waals surface area contributed by atoms with Crippen molar-refractivity contribution >= 4 is 39.5 Å². The SMILES string of the molecule is CC/C=C\C/C=C\C/C=C\C/C=C\C/C=C\CCCC(=O)OCC(COP(=O)(O)OCC(O)COP(=O)(O)OCC(COC(=O)CCCCCCCCCCCCCCCCC)OC(=O)CCCCCCC/C=C\C/C=C\CCC)OC(=O)CCCC/C=C\C/C=C\C/C=C\C/C=C\CC. The zero-order chi connectivity index (χ0) is 73.2. The number of aliphatic hydroxyl groups excluding tert-OH is 1. The maximum atomic E-state index is 13.1. The quantitative estimate of drug-likeness (QED) is 0.0169. The highest BCUT2D eigenvalue weighted by molar-refractivity contribution is 7.47. The van der Waals surface area contributed by atoms with E-state index in [2.05, 4.69) is 149 Å². The summed E-state index contributed by atoms with van der Waals surface area (Å²) < 4.78 is 68.4. The number of unbranched alkanes of at least 4 members (excludes halogenated alkanes) is 23. The Morgan fingerprint density at radius 3 is 0.900 bits per heavy atom. The minimum atomic E-state index is -5.00. The van der Waals surface area contributed by atoms with Gasteiger partial charge in [0.1, 0.15) is 19.3 Å². The Bertz CT molecular complexity index is 2420. The Morgan fingerprint density at radius 2 is 0.550 bits per heavy atom. The van der Waals surface area contributed by atoms with Crippen LogP contribution in [-0.4, -0.2) is 96.7 Å². The van der Waals surface area contributed by atoms with Crippen molar-refractivity contribution in [2.45, 2.75) is 316 Å². The Morgan fingerprint density at radius 1 is 0.290 bits per heavy atom. The maximum Gasteiger partial charge on any atom is 0.472 e. The molecule has 0 aliphatic heterocycles. The molecule has 3 N–H and O–H groups in total. The first kappa shape index (κ1) is 95.2. The molecular weight excluding hydrogens is 1310 g/mol. The van der Waals surface area contributed by atoms with Crippen molar-refractivity contribution in [3.63, 3.8) is 0 Å². The van der Waals surface area contributed by atoms with Crippen molar-refractivity contribution in [3.8, 4) is 0 Å². The molecule has 0 aliphatic rings. The number of aliphatic hydroxyl groups is 1. The summed E-state index contributed by atoms with van der Waals surface area (Å²) >= 11 is 0. The molecule has 5 atom stereocenters. The zero-order valence-electron chi connectivity index (χ0n) is 62.3. The highest BCUT2D eigenvalue weighted by Gasteiger charge is 2.30. The van der Waals surface area contributed by atoms with Gasteiger partial charge in [0.25, 0.3) is 0 Å². The molecule has 0 rings (SSSR count). The second-order valence-corrected chi connectivity index (χ2v) is 28.1. The number of esters is 4. The van der Waals surface area contributed by atoms with E-state index in [1.54, 1.807) is 0 Å². The van der Waals surface area contributed by atoms with Crippen LogP contribution >= 0.6 is 15.6 Å². The summed E-state index contributed by atoms with van der Waals surface area (Å²) in [6, 6.07) is 0. The number of ether oxygens (including phenoxy) is 4. The second kappa shape index (κ2) is 72.5. The van der Waals surface area contributed by atoms with Gasteiger partial charge in [0.15, 0.2) is 12.2 Å². The molecule has 19 heteroatoms. The average Bonchev–Trinajstić information content (AvgIpc) is 1.06. The van der Waals surface area contributed by atoms with Gasteiger partial charge < -0.3 is 33.8 Å². The lowest BCUT2D eigenvalue weighted by Crippen LogP contribution is -2.30. The molecule has 5 unspecified atom stereocenters.